The Morgan fingerprint density at radius 3 is 2.70 bits per heavy atom. The molecular formula is C23H32O7. The van der Waals surface area contributed by atoms with E-state index < -0.39 is 5.79 Å². The molecule has 0 radical (unpaired) electrons. The minimum absolute atomic E-state index is 0.100. The fraction of sp³-hybridized carbons (Fsp3) is 0.652. The minimum atomic E-state index is -1.29. The van der Waals surface area contributed by atoms with Crippen molar-refractivity contribution >= 4 is 0 Å². The van der Waals surface area contributed by atoms with E-state index in [-0.39, 0.29) is 31.0 Å². The Bertz CT molecular complexity index is 719. The Morgan fingerprint density at radius 2 is 1.93 bits per heavy atom. The van der Waals surface area contributed by atoms with Crippen molar-refractivity contribution in [2.75, 3.05) is 34.2 Å². The first-order valence-corrected chi connectivity index (χ1v) is 10.7. The summed E-state index contributed by atoms with van der Waals surface area (Å²) in [6, 6.07) is 7.80. The first kappa shape index (κ1) is 21.7. The number of allylic oxidation sites excluding steroid dienone is 1. The Labute approximate surface area is 177 Å². The summed E-state index contributed by atoms with van der Waals surface area (Å²) >= 11 is 0. The lowest BCUT2D eigenvalue weighted by Gasteiger charge is -2.35. The third-order valence-electron chi connectivity index (χ3n) is 6.27. The van der Waals surface area contributed by atoms with Crippen molar-refractivity contribution in [2.45, 2.75) is 56.4 Å². The zero-order chi connectivity index (χ0) is 21.0. The van der Waals surface area contributed by atoms with Crippen molar-refractivity contribution in [3.05, 3.63) is 41.5 Å². The molecule has 4 rings (SSSR count). The molecule has 166 valence electrons. The molecule has 30 heavy (non-hydrogen) atoms. The normalized spacial score (nSPS) is 32.6. The number of benzene rings is 1. The second kappa shape index (κ2) is 9.77. The van der Waals surface area contributed by atoms with E-state index in [0.717, 1.165) is 29.7 Å². The zero-order valence-corrected chi connectivity index (χ0v) is 17.7. The molecular weight excluding hydrogens is 388 g/mol. The molecule has 0 saturated carbocycles. The van der Waals surface area contributed by atoms with Gasteiger partial charge in [-0.2, -0.15) is 0 Å². The van der Waals surface area contributed by atoms with Crippen LogP contribution in [-0.2, 0) is 30.3 Å². The van der Waals surface area contributed by atoms with E-state index in [4.69, 9.17) is 28.4 Å². The molecule has 3 aliphatic rings. The number of methoxy groups -OCH3 is 2. The van der Waals surface area contributed by atoms with Gasteiger partial charge in [0.1, 0.15) is 18.6 Å². The molecule has 1 N–H and O–H groups in total. The van der Waals surface area contributed by atoms with Gasteiger partial charge in [0.15, 0.2) is 5.79 Å². The fourth-order valence-electron chi connectivity index (χ4n) is 4.74. The van der Waals surface area contributed by atoms with Crippen LogP contribution in [0.25, 0.3) is 0 Å². The van der Waals surface area contributed by atoms with Gasteiger partial charge in [-0.25, -0.2) is 0 Å². The Balaban J connectivity index is 1.40. The second-order valence-corrected chi connectivity index (χ2v) is 8.12. The van der Waals surface area contributed by atoms with Gasteiger partial charge in [-0.15, -0.1) is 0 Å². The van der Waals surface area contributed by atoms with Crippen molar-refractivity contribution < 1.29 is 33.5 Å². The molecule has 2 bridgehead atoms. The molecule has 0 spiro atoms. The van der Waals surface area contributed by atoms with Crippen LogP contribution < -0.4 is 4.74 Å². The number of hydrogen-bond acceptors (Lipinski definition) is 7. The average molecular weight is 421 g/mol. The van der Waals surface area contributed by atoms with Gasteiger partial charge in [-0.05, 0) is 42.5 Å². The summed E-state index contributed by atoms with van der Waals surface area (Å²) < 4.78 is 34.1. The summed E-state index contributed by atoms with van der Waals surface area (Å²) in [4.78, 5) is 0. The molecule has 1 aromatic rings. The zero-order valence-electron chi connectivity index (χ0n) is 17.7. The average Bonchev–Trinajstić information content (AvgIpc) is 2.97. The van der Waals surface area contributed by atoms with Crippen molar-refractivity contribution in [3.8, 4) is 5.75 Å². The smallest absolute Gasteiger partial charge is 0.193 e. The van der Waals surface area contributed by atoms with Crippen molar-refractivity contribution in [1.82, 2.24) is 0 Å². The van der Waals surface area contributed by atoms with Crippen molar-refractivity contribution in [1.29, 1.82) is 0 Å². The van der Waals surface area contributed by atoms with Crippen molar-refractivity contribution in [2.24, 2.45) is 5.92 Å². The predicted molar refractivity (Wildman–Crippen MR) is 109 cm³/mol. The molecule has 1 aromatic carbocycles. The molecule has 1 unspecified atom stereocenters. The highest BCUT2D eigenvalue weighted by Gasteiger charge is 2.59. The summed E-state index contributed by atoms with van der Waals surface area (Å²) in [6.45, 7) is 1.67. The number of ether oxygens (including phenoxy) is 6. The van der Waals surface area contributed by atoms with Gasteiger partial charge in [0.05, 0.1) is 39.1 Å². The van der Waals surface area contributed by atoms with Crippen LogP contribution in [0.5, 0.6) is 5.75 Å². The van der Waals surface area contributed by atoms with Crippen LogP contribution in [0.1, 0.15) is 31.2 Å². The summed E-state index contributed by atoms with van der Waals surface area (Å²) in [5, 5.41) is 11.3. The monoisotopic (exact) mass is 420 g/mol. The van der Waals surface area contributed by atoms with Crippen LogP contribution in [0, 0.1) is 5.92 Å². The lowest BCUT2D eigenvalue weighted by Crippen LogP contribution is -2.45. The standard InChI is InChI=1S/C23H32O7/c1-25-12-13-27-15-29-20-10-11-23(24)22(19-5-3-4-18(20)21(19)30-23)28-14-16-6-8-17(26-2)9-7-16/h4,6-9,19-22,24H,3,5,10-15H2,1-2H3/t19-,20-,21?,22-,23+/m1/s1. The maximum Gasteiger partial charge on any atom is 0.193 e. The highest BCUT2D eigenvalue weighted by atomic mass is 16.7. The maximum atomic E-state index is 11.3. The summed E-state index contributed by atoms with van der Waals surface area (Å²) in [5.41, 5.74) is 2.16. The molecule has 2 aliphatic heterocycles. The highest BCUT2D eigenvalue weighted by Crippen LogP contribution is 2.50. The van der Waals surface area contributed by atoms with Crippen LogP contribution in [0.15, 0.2) is 35.9 Å². The second-order valence-electron chi connectivity index (χ2n) is 8.12. The van der Waals surface area contributed by atoms with E-state index in [2.05, 4.69) is 6.08 Å². The highest BCUT2D eigenvalue weighted by molar-refractivity contribution is 5.27. The van der Waals surface area contributed by atoms with Gasteiger partial charge >= 0.3 is 0 Å². The van der Waals surface area contributed by atoms with Crippen LogP contribution >= 0.6 is 0 Å². The number of aliphatic hydroxyl groups is 1. The van der Waals surface area contributed by atoms with Crippen LogP contribution in [-0.4, -0.2) is 63.4 Å². The van der Waals surface area contributed by atoms with Crippen LogP contribution in [0.2, 0.25) is 0 Å². The molecule has 1 aliphatic carbocycles. The largest absolute Gasteiger partial charge is 0.497 e. The fourth-order valence-corrected chi connectivity index (χ4v) is 4.74. The third kappa shape index (κ3) is 4.56. The predicted octanol–water partition coefficient (Wildman–Crippen LogP) is 2.80. The number of hydrogen-bond donors (Lipinski definition) is 1. The van der Waals surface area contributed by atoms with Crippen LogP contribution in [0.4, 0.5) is 0 Å². The van der Waals surface area contributed by atoms with Gasteiger partial charge in [0.2, 0.25) is 0 Å². The topological polar surface area (TPSA) is 75.6 Å². The minimum Gasteiger partial charge on any atom is -0.497 e. The SMILES string of the molecule is COCCOCO[C@@H]1CC[C@]2(O)OC3C1=CCC[C@H]3[C@H]2OCc1ccc(OC)cc1. The molecule has 0 aromatic heterocycles. The molecule has 5 atom stereocenters. The Morgan fingerprint density at radius 1 is 1.10 bits per heavy atom. The van der Waals surface area contributed by atoms with Gasteiger partial charge in [-0.1, -0.05) is 18.2 Å². The van der Waals surface area contributed by atoms with E-state index in [0.29, 0.717) is 32.7 Å². The summed E-state index contributed by atoms with van der Waals surface area (Å²) in [6.07, 6.45) is 4.58. The first-order chi connectivity index (χ1) is 14.6. The lowest BCUT2D eigenvalue weighted by atomic mass is 9.77. The Kier molecular flexibility index (Phi) is 7.08. The van der Waals surface area contributed by atoms with E-state index >= 15 is 0 Å². The molecule has 2 heterocycles. The van der Waals surface area contributed by atoms with E-state index in [1.165, 1.54) is 0 Å². The maximum absolute atomic E-state index is 11.3. The van der Waals surface area contributed by atoms with Gasteiger partial charge in [0.25, 0.3) is 0 Å². The number of rotatable bonds is 10. The molecule has 2 saturated heterocycles. The van der Waals surface area contributed by atoms with Gasteiger partial charge < -0.3 is 33.5 Å². The van der Waals surface area contributed by atoms with Crippen molar-refractivity contribution in [3.63, 3.8) is 0 Å². The van der Waals surface area contributed by atoms with E-state index in [1.807, 2.05) is 24.3 Å². The molecule has 7 nitrogen and oxygen atoms in total. The van der Waals surface area contributed by atoms with E-state index in [1.54, 1.807) is 14.2 Å². The third-order valence-corrected chi connectivity index (χ3v) is 6.27. The van der Waals surface area contributed by atoms with E-state index in [9.17, 15) is 5.11 Å². The number of fused-ring (bicyclic) bond motifs is 1. The Hall–Kier alpha value is -1.48. The quantitative estimate of drug-likeness (QED) is 0.354. The molecule has 7 heteroatoms. The molecule has 0 amide bonds. The van der Waals surface area contributed by atoms with Crippen LogP contribution in [0.3, 0.4) is 0 Å². The summed E-state index contributed by atoms with van der Waals surface area (Å²) in [7, 11) is 3.29. The molecule has 2 fully saturated rings. The summed E-state index contributed by atoms with van der Waals surface area (Å²) in [5.74, 6) is -0.359. The lowest BCUT2D eigenvalue weighted by molar-refractivity contribution is -0.237. The van der Waals surface area contributed by atoms with Gasteiger partial charge in [-0.3, -0.25) is 0 Å². The van der Waals surface area contributed by atoms with Gasteiger partial charge in [0, 0.05) is 19.4 Å². The first-order valence-electron chi connectivity index (χ1n) is 10.7.